The van der Waals surface area contributed by atoms with Gasteiger partial charge in [-0.05, 0) is 17.2 Å². The van der Waals surface area contributed by atoms with E-state index >= 15 is 0 Å². The van der Waals surface area contributed by atoms with Crippen molar-refractivity contribution in [2.24, 2.45) is 0 Å². The zero-order chi connectivity index (χ0) is 14.2. The van der Waals surface area contributed by atoms with E-state index in [1.165, 1.54) is 0 Å². The van der Waals surface area contributed by atoms with Crippen LogP contribution in [-0.4, -0.2) is 0 Å². The Morgan fingerprint density at radius 1 is 0.762 bits per heavy atom. The van der Waals surface area contributed by atoms with Gasteiger partial charge in [-0.15, -0.1) is 0 Å². The average molecular weight is 293 g/mol. The van der Waals surface area contributed by atoms with Gasteiger partial charge in [0.05, 0.1) is 5.02 Å². The molecule has 0 saturated carbocycles. The first-order valence-corrected chi connectivity index (χ1v) is 7.31. The summed E-state index contributed by atoms with van der Waals surface area (Å²) in [5.74, 6) is 0.900. The van der Waals surface area contributed by atoms with Gasteiger partial charge in [0.2, 0.25) is 0 Å². The minimum absolute atomic E-state index is 0.571. The normalized spacial score (nSPS) is 12.2. The lowest BCUT2D eigenvalue weighted by Crippen LogP contribution is -2.06. The van der Waals surface area contributed by atoms with Gasteiger partial charge in [-0.3, -0.25) is 0 Å². The van der Waals surface area contributed by atoms with Gasteiger partial charge in [0.15, 0.2) is 0 Å². The van der Waals surface area contributed by atoms with Gasteiger partial charge in [-0.2, -0.15) is 0 Å². The number of ether oxygens (including phenoxy) is 1. The van der Waals surface area contributed by atoms with E-state index in [4.69, 9.17) is 16.3 Å². The molecule has 0 amide bonds. The van der Waals surface area contributed by atoms with Crippen molar-refractivity contribution < 1.29 is 4.74 Å². The third-order valence-electron chi connectivity index (χ3n) is 3.85. The molecule has 0 aliphatic carbocycles. The monoisotopic (exact) mass is 292 g/mol. The van der Waals surface area contributed by atoms with Gasteiger partial charge in [0.25, 0.3) is 0 Å². The number of halogens is 1. The summed E-state index contributed by atoms with van der Waals surface area (Å²) in [7, 11) is 0. The van der Waals surface area contributed by atoms with Gasteiger partial charge in [0, 0.05) is 16.7 Å². The standard InChI is InChI=1S/C19H13ClO/c20-19-15(13-6-2-1-3-7-13)11-10-14-12-21-17-9-5-4-8-16(17)18(14)19/h1-11H,12H2. The molecule has 3 aromatic rings. The fraction of sp³-hybridized carbons (Fsp3) is 0.0526. The predicted molar refractivity (Wildman–Crippen MR) is 86.7 cm³/mol. The van der Waals surface area contributed by atoms with Crippen LogP contribution in [0.3, 0.4) is 0 Å². The minimum Gasteiger partial charge on any atom is -0.488 e. The summed E-state index contributed by atoms with van der Waals surface area (Å²) in [6.07, 6.45) is 0. The molecule has 0 fully saturated rings. The molecule has 1 heterocycles. The lowest BCUT2D eigenvalue weighted by atomic mass is 9.92. The van der Waals surface area contributed by atoms with Gasteiger partial charge < -0.3 is 4.74 Å². The highest BCUT2D eigenvalue weighted by Gasteiger charge is 2.21. The molecule has 0 aromatic heterocycles. The SMILES string of the molecule is Clc1c(-c2ccccc2)ccc2c1-c1ccccc1OC2. The Morgan fingerprint density at radius 2 is 1.52 bits per heavy atom. The molecule has 0 radical (unpaired) electrons. The molecule has 4 rings (SSSR count). The Bertz CT molecular complexity index is 809. The van der Waals surface area contributed by atoms with Crippen LogP contribution in [0.4, 0.5) is 0 Å². The van der Waals surface area contributed by atoms with E-state index in [9.17, 15) is 0 Å². The number of para-hydroxylation sites is 1. The largest absolute Gasteiger partial charge is 0.488 e. The Hall–Kier alpha value is -2.25. The molecule has 0 bridgehead atoms. The summed E-state index contributed by atoms with van der Waals surface area (Å²) >= 11 is 6.73. The van der Waals surface area contributed by atoms with Crippen LogP contribution in [0.25, 0.3) is 22.3 Å². The Kier molecular flexibility index (Phi) is 2.94. The smallest absolute Gasteiger partial charge is 0.127 e. The summed E-state index contributed by atoms with van der Waals surface area (Å²) < 4.78 is 5.79. The number of fused-ring (bicyclic) bond motifs is 3. The Balaban J connectivity index is 1.97. The first kappa shape index (κ1) is 12.5. The maximum atomic E-state index is 6.73. The van der Waals surface area contributed by atoms with Crippen LogP contribution < -0.4 is 4.74 Å². The molecule has 21 heavy (non-hydrogen) atoms. The van der Waals surface area contributed by atoms with Crippen LogP contribution in [0.1, 0.15) is 5.56 Å². The highest BCUT2D eigenvalue weighted by Crippen LogP contribution is 2.44. The van der Waals surface area contributed by atoms with E-state index in [1.54, 1.807) is 0 Å². The molecule has 1 aliphatic heterocycles. The molecule has 0 spiro atoms. The van der Waals surface area contributed by atoms with Crippen molar-refractivity contribution in [2.75, 3.05) is 0 Å². The van der Waals surface area contributed by atoms with E-state index in [2.05, 4.69) is 30.3 Å². The van der Waals surface area contributed by atoms with Crippen molar-refractivity contribution in [2.45, 2.75) is 6.61 Å². The van der Waals surface area contributed by atoms with Crippen molar-refractivity contribution in [1.82, 2.24) is 0 Å². The molecule has 2 heteroatoms. The molecule has 1 aliphatic rings. The fourth-order valence-electron chi connectivity index (χ4n) is 2.82. The molecule has 1 nitrogen and oxygen atoms in total. The molecular formula is C19H13ClO. The zero-order valence-corrected chi connectivity index (χ0v) is 12.1. The molecule has 0 N–H and O–H groups in total. The van der Waals surface area contributed by atoms with Crippen molar-refractivity contribution in [3.8, 4) is 28.0 Å². The highest BCUT2D eigenvalue weighted by atomic mass is 35.5. The number of rotatable bonds is 1. The lowest BCUT2D eigenvalue weighted by molar-refractivity contribution is 0.302. The average Bonchev–Trinajstić information content (AvgIpc) is 2.55. The van der Waals surface area contributed by atoms with Crippen molar-refractivity contribution in [3.05, 3.63) is 77.3 Å². The Labute approximate surface area is 128 Å². The van der Waals surface area contributed by atoms with Crippen molar-refractivity contribution in [1.29, 1.82) is 0 Å². The highest BCUT2D eigenvalue weighted by molar-refractivity contribution is 6.36. The first-order valence-electron chi connectivity index (χ1n) is 6.93. The van der Waals surface area contributed by atoms with Crippen LogP contribution in [0.5, 0.6) is 5.75 Å². The van der Waals surface area contributed by atoms with Crippen molar-refractivity contribution >= 4 is 11.6 Å². The van der Waals surface area contributed by atoms with E-state index in [-0.39, 0.29) is 0 Å². The van der Waals surface area contributed by atoms with Crippen molar-refractivity contribution in [3.63, 3.8) is 0 Å². The molecule has 0 atom stereocenters. The number of hydrogen-bond donors (Lipinski definition) is 0. The molecule has 102 valence electrons. The summed E-state index contributed by atoms with van der Waals surface area (Å²) in [6, 6.07) is 22.5. The predicted octanol–water partition coefficient (Wildman–Crippen LogP) is 5.57. The summed E-state index contributed by atoms with van der Waals surface area (Å²) in [4.78, 5) is 0. The van der Waals surface area contributed by atoms with Gasteiger partial charge >= 0.3 is 0 Å². The summed E-state index contributed by atoms with van der Waals surface area (Å²) in [5.41, 5.74) is 5.50. The van der Waals surface area contributed by atoms with Gasteiger partial charge in [-0.25, -0.2) is 0 Å². The summed E-state index contributed by atoms with van der Waals surface area (Å²) in [5, 5.41) is 0.800. The number of benzene rings is 3. The van der Waals surface area contributed by atoms with E-state index in [0.717, 1.165) is 38.6 Å². The minimum atomic E-state index is 0.571. The maximum Gasteiger partial charge on any atom is 0.127 e. The summed E-state index contributed by atoms with van der Waals surface area (Å²) in [6.45, 7) is 0.571. The third kappa shape index (κ3) is 2.01. The molecule has 0 saturated heterocycles. The quantitative estimate of drug-likeness (QED) is 0.570. The topological polar surface area (TPSA) is 9.23 Å². The van der Waals surface area contributed by atoms with Crippen LogP contribution in [0.2, 0.25) is 5.02 Å². The molecular weight excluding hydrogens is 280 g/mol. The molecule has 0 unspecified atom stereocenters. The van der Waals surface area contributed by atoms with Gasteiger partial charge in [-0.1, -0.05) is 72.3 Å². The maximum absolute atomic E-state index is 6.73. The Morgan fingerprint density at radius 3 is 2.38 bits per heavy atom. The number of hydrogen-bond acceptors (Lipinski definition) is 1. The van der Waals surface area contributed by atoms with E-state index in [1.807, 2.05) is 36.4 Å². The van der Waals surface area contributed by atoms with Crippen LogP contribution >= 0.6 is 11.6 Å². The second-order valence-corrected chi connectivity index (χ2v) is 5.49. The fourth-order valence-corrected chi connectivity index (χ4v) is 3.22. The second-order valence-electron chi connectivity index (χ2n) is 5.11. The van der Waals surface area contributed by atoms with Crippen LogP contribution in [0, 0.1) is 0 Å². The second kappa shape index (κ2) is 4.94. The first-order chi connectivity index (χ1) is 10.3. The van der Waals surface area contributed by atoms with E-state index in [0.29, 0.717) is 6.61 Å². The third-order valence-corrected chi connectivity index (χ3v) is 4.25. The van der Waals surface area contributed by atoms with E-state index < -0.39 is 0 Å². The van der Waals surface area contributed by atoms with Gasteiger partial charge in [0.1, 0.15) is 12.4 Å². The zero-order valence-electron chi connectivity index (χ0n) is 11.3. The van der Waals surface area contributed by atoms with Crippen LogP contribution in [0.15, 0.2) is 66.7 Å². The molecule has 3 aromatic carbocycles. The van der Waals surface area contributed by atoms with Crippen LogP contribution in [-0.2, 0) is 6.61 Å². The lowest BCUT2D eigenvalue weighted by Gasteiger charge is -2.23.